The molecule has 158 valence electrons. The Hall–Kier alpha value is -1.77. The zero-order chi connectivity index (χ0) is 20.0. The Labute approximate surface area is 172 Å². The van der Waals surface area contributed by atoms with Crippen LogP contribution in [-0.4, -0.2) is 108 Å². The van der Waals surface area contributed by atoms with Gasteiger partial charge in [-0.25, -0.2) is 4.98 Å². The second-order valence-corrected chi connectivity index (χ2v) is 9.59. The van der Waals surface area contributed by atoms with Gasteiger partial charge in [-0.15, -0.1) is 0 Å². The first-order valence-corrected chi connectivity index (χ1v) is 10.9. The molecule has 1 aliphatic carbocycles. The molecular formula is C21H32N6O2. The molecule has 3 aliphatic heterocycles. The summed E-state index contributed by atoms with van der Waals surface area (Å²) in [6.45, 7) is 8.34. The lowest BCUT2D eigenvalue weighted by atomic mass is 9.82. The summed E-state index contributed by atoms with van der Waals surface area (Å²) in [7, 11) is 2.08. The van der Waals surface area contributed by atoms with Crippen molar-refractivity contribution in [2.45, 2.75) is 12.8 Å². The van der Waals surface area contributed by atoms with Gasteiger partial charge in [-0.3, -0.25) is 9.78 Å². The van der Waals surface area contributed by atoms with Gasteiger partial charge in [0.25, 0.3) is 5.91 Å². The summed E-state index contributed by atoms with van der Waals surface area (Å²) >= 11 is 0. The molecule has 0 bridgehead atoms. The number of carbonyl (C=O) groups is 1. The molecule has 5 rings (SSSR count). The van der Waals surface area contributed by atoms with Crippen LogP contribution in [0.4, 0.5) is 5.82 Å². The van der Waals surface area contributed by atoms with Gasteiger partial charge in [-0.05, 0) is 31.7 Å². The van der Waals surface area contributed by atoms with Crippen molar-refractivity contribution in [3.05, 3.63) is 18.1 Å². The predicted molar refractivity (Wildman–Crippen MR) is 110 cm³/mol. The first-order chi connectivity index (χ1) is 14.1. The second-order valence-electron chi connectivity index (χ2n) is 9.59. The minimum atomic E-state index is -0.0754. The maximum Gasteiger partial charge on any atom is 0.274 e. The van der Waals surface area contributed by atoms with Crippen molar-refractivity contribution in [1.82, 2.24) is 24.7 Å². The van der Waals surface area contributed by atoms with Gasteiger partial charge in [-0.1, -0.05) is 0 Å². The summed E-state index contributed by atoms with van der Waals surface area (Å²) in [4.78, 5) is 30.8. The molecule has 0 aromatic carbocycles. The van der Waals surface area contributed by atoms with Gasteiger partial charge in [0, 0.05) is 64.3 Å². The van der Waals surface area contributed by atoms with E-state index in [1.54, 1.807) is 12.4 Å². The standard InChI is InChI=1S/C21H32N6O2/c1-24-4-6-26(7-5-24)20(29)18-8-22-9-19(23-18)27-12-17-11-25(10-16-2-3-16)13-21(17,14-27)15-28/h8-9,16-17,28H,2-7,10-15H2,1H3. The number of aromatic nitrogens is 2. The molecule has 0 radical (unpaired) electrons. The maximum atomic E-state index is 12.9. The van der Waals surface area contributed by atoms with Crippen LogP contribution in [0.2, 0.25) is 0 Å². The van der Waals surface area contributed by atoms with E-state index < -0.39 is 0 Å². The zero-order valence-electron chi connectivity index (χ0n) is 17.3. The largest absolute Gasteiger partial charge is 0.396 e. The van der Waals surface area contributed by atoms with Gasteiger partial charge in [0.05, 0.1) is 19.0 Å². The summed E-state index contributed by atoms with van der Waals surface area (Å²) in [6.07, 6.45) is 6.07. The molecule has 1 aromatic heterocycles. The van der Waals surface area contributed by atoms with Crippen LogP contribution in [0.1, 0.15) is 23.3 Å². The Morgan fingerprint density at radius 3 is 2.66 bits per heavy atom. The topological polar surface area (TPSA) is 76.0 Å². The van der Waals surface area contributed by atoms with E-state index in [1.807, 2.05) is 4.90 Å². The van der Waals surface area contributed by atoms with Crippen molar-refractivity contribution in [2.24, 2.45) is 17.3 Å². The normalized spacial score (nSPS) is 30.8. The monoisotopic (exact) mass is 400 g/mol. The number of likely N-dealkylation sites (tertiary alicyclic amines) is 1. The summed E-state index contributed by atoms with van der Waals surface area (Å²) in [5.74, 6) is 2.06. The van der Waals surface area contributed by atoms with Gasteiger partial charge in [0.15, 0.2) is 0 Å². The van der Waals surface area contributed by atoms with E-state index >= 15 is 0 Å². The summed E-state index contributed by atoms with van der Waals surface area (Å²) in [6, 6.07) is 0. The van der Waals surface area contributed by atoms with E-state index in [4.69, 9.17) is 0 Å². The Kier molecular flexibility index (Phi) is 4.96. The number of nitrogens with zero attached hydrogens (tertiary/aromatic N) is 6. The van der Waals surface area contributed by atoms with Crippen LogP contribution in [-0.2, 0) is 0 Å². The lowest BCUT2D eigenvalue weighted by molar-refractivity contribution is 0.0658. The van der Waals surface area contributed by atoms with Crippen molar-refractivity contribution in [3.8, 4) is 0 Å². The number of fused-ring (bicyclic) bond motifs is 1. The van der Waals surface area contributed by atoms with E-state index in [0.717, 1.165) is 64.1 Å². The molecule has 8 heteroatoms. The number of amides is 1. The second kappa shape index (κ2) is 7.49. The average Bonchev–Trinajstić information content (AvgIpc) is 3.38. The molecule has 3 saturated heterocycles. The number of piperazine rings is 1. The Bertz CT molecular complexity index is 763. The van der Waals surface area contributed by atoms with Crippen LogP contribution in [0.5, 0.6) is 0 Å². The first-order valence-electron chi connectivity index (χ1n) is 10.9. The summed E-state index contributed by atoms with van der Waals surface area (Å²) in [5, 5.41) is 10.2. The third kappa shape index (κ3) is 3.73. The molecule has 1 aromatic rings. The van der Waals surface area contributed by atoms with Crippen molar-refractivity contribution in [2.75, 3.05) is 77.5 Å². The number of carbonyl (C=O) groups excluding carboxylic acids is 1. The molecule has 1 saturated carbocycles. The molecule has 1 amide bonds. The number of hydrogen-bond donors (Lipinski definition) is 1. The number of hydrogen-bond acceptors (Lipinski definition) is 7. The number of aliphatic hydroxyl groups is 1. The molecule has 1 N–H and O–H groups in total. The fourth-order valence-electron chi connectivity index (χ4n) is 5.28. The predicted octanol–water partition coefficient (Wildman–Crippen LogP) is 0.00470. The van der Waals surface area contributed by atoms with Crippen molar-refractivity contribution in [3.63, 3.8) is 0 Å². The van der Waals surface area contributed by atoms with E-state index in [2.05, 4.69) is 31.7 Å². The molecule has 4 aliphatic rings. The fourth-order valence-corrected chi connectivity index (χ4v) is 5.28. The minimum Gasteiger partial charge on any atom is -0.396 e. The molecule has 2 unspecified atom stereocenters. The Morgan fingerprint density at radius 2 is 1.97 bits per heavy atom. The third-order valence-corrected chi connectivity index (χ3v) is 7.31. The molecular weight excluding hydrogens is 368 g/mol. The maximum absolute atomic E-state index is 12.9. The molecule has 29 heavy (non-hydrogen) atoms. The highest BCUT2D eigenvalue weighted by Gasteiger charge is 2.52. The quantitative estimate of drug-likeness (QED) is 0.746. The van der Waals surface area contributed by atoms with Crippen LogP contribution in [0, 0.1) is 17.3 Å². The highest BCUT2D eigenvalue weighted by molar-refractivity contribution is 5.92. The van der Waals surface area contributed by atoms with Crippen LogP contribution < -0.4 is 4.90 Å². The number of anilines is 1. The average molecular weight is 401 g/mol. The van der Waals surface area contributed by atoms with E-state index in [9.17, 15) is 9.90 Å². The van der Waals surface area contributed by atoms with E-state index in [-0.39, 0.29) is 17.9 Å². The van der Waals surface area contributed by atoms with Gasteiger partial charge < -0.3 is 24.7 Å². The van der Waals surface area contributed by atoms with Crippen LogP contribution in [0.3, 0.4) is 0 Å². The highest BCUT2D eigenvalue weighted by Crippen LogP contribution is 2.44. The van der Waals surface area contributed by atoms with E-state index in [1.165, 1.54) is 19.4 Å². The smallest absolute Gasteiger partial charge is 0.274 e. The number of rotatable bonds is 5. The molecule has 8 nitrogen and oxygen atoms in total. The number of likely N-dealkylation sites (N-methyl/N-ethyl adjacent to an activating group) is 1. The van der Waals surface area contributed by atoms with Crippen molar-refractivity contribution >= 4 is 11.7 Å². The van der Waals surface area contributed by atoms with Gasteiger partial charge >= 0.3 is 0 Å². The summed E-state index contributed by atoms with van der Waals surface area (Å²) in [5.41, 5.74) is 0.353. The highest BCUT2D eigenvalue weighted by atomic mass is 16.3. The lowest BCUT2D eigenvalue weighted by Crippen LogP contribution is -2.47. The molecule has 2 atom stereocenters. The molecule has 4 heterocycles. The minimum absolute atomic E-state index is 0.0284. The first kappa shape index (κ1) is 19.2. The van der Waals surface area contributed by atoms with Crippen LogP contribution in [0.15, 0.2) is 12.4 Å². The Morgan fingerprint density at radius 1 is 1.17 bits per heavy atom. The summed E-state index contributed by atoms with van der Waals surface area (Å²) < 4.78 is 0. The molecule has 0 spiro atoms. The lowest BCUT2D eigenvalue weighted by Gasteiger charge is -2.32. The third-order valence-electron chi connectivity index (χ3n) is 7.31. The van der Waals surface area contributed by atoms with Gasteiger partial charge in [0.1, 0.15) is 11.5 Å². The molecule has 4 fully saturated rings. The van der Waals surface area contributed by atoms with Gasteiger partial charge in [0.2, 0.25) is 0 Å². The Balaban J connectivity index is 1.27. The fraction of sp³-hybridized carbons (Fsp3) is 0.762. The van der Waals surface area contributed by atoms with E-state index in [0.29, 0.717) is 11.6 Å². The number of aliphatic hydroxyl groups excluding tert-OH is 1. The van der Waals surface area contributed by atoms with Gasteiger partial charge in [-0.2, -0.15) is 0 Å². The van der Waals surface area contributed by atoms with Crippen LogP contribution in [0.25, 0.3) is 0 Å². The van der Waals surface area contributed by atoms with Crippen molar-refractivity contribution in [1.29, 1.82) is 0 Å². The van der Waals surface area contributed by atoms with Crippen LogP contribution >= 0.6 is 0 Å². The zero-order valence-corrected chi connectivity index (χ0v) is 17.3. The SMILES string of the molecule is CN1CCN(C(=O)c2cncc(N3CC4CN(CC5CC5)CC4(CO)C3)n2)CC1. The van der Waals surface area contributed by atoms with Crippen molar-refractivity contribution < 1.29 is 9.90 Å².